The third-order valence-electron chi connectivity index (χ3n) is 3.97. The van der Waals surface area contributed by atoms with Crippen LogP contribution in [-0.4, -0.2) is 13.4 Å². The standard InChI is InChI=1S/C17H12FNO2S/c1-10-17(13-8-11(18)6-7-15(13)19-10)14-9-22(20,21)16-5-3-2-4-12(14)16/h2-9,19H,1H3. The van der Waals surface area contributed by atoms with E-state index in [1.807, 2.05) is 6.92 Å². The van der Waals surface area contributed by atoms with Gasteiger partial charge in [-0.3, -0.25) is 0 Å². The Balaban J connectivity index is 2.09. The summed E-state index contributed by atoms with van der Waals surface area (Å²) in [6.07, 6.45) is 0. The second kappa shape index (κ2) is 4.30. The van der Waals surface area contributed by atoms with Crippen molar-refractivity contribution < 1.29 is 12.8 Å². The lowest BCUT2D eigenvalue weighted by atomic mass is 9.97. The highest BCUT2D eigenvalue weighted by atomic mass is 32.2. The zero-order valence-electron chi connectivity index (χ0n) is 11.7. The number of aromatic amines is 1. The maximum Gasteiger partial charge on any atom is 0.201 e. The Morgan fingerprint density at radius 1 is 1.09 bits per heavy atom. The molecule has 5 heteroatoms. The molecular formula is C17H12FNO2S. The third-order valence-corrected chi connectivity index (χ3v) is 5.49. The van der Waals surface area contributed by atoms with Gasteiger partial charge in [-0.1, -0.05) is 18.2 Å². The van der Waals surface area contributed by atoms with Gasteiger partial charge in [0.15, 0.2) is 0 Å². The van der Waals surface area contributed by atoms with E-state index >= 15 is 0 Å². The predicted molar refractivity (Wildman–Crippen MR) is 83.7 cm³/mol. The maximum absolute atomic E-state index is 13.6. The van der Waals surface area contributed by atoms with Gasteiger partial charge in [0.25, 0.3) is 0 Å². The van der Waals surface area contributed by atoms with Gasteiger partial charge < -0.3 is 4.98 Å². The van der Waals surface area contributed by atoms with E-state index in [0.29, 0.717) is 21.4 Å². The fourth-order valence-electron chi connectivity index (χ4n) is 3.06. The molecule has 3 nitrogen and oxygen atoms in total. The number of halogens is 1. The summed E-state index contributed by atoms with van der Waals surface area (Å²) in [7, 11) is -3.45. The van der Waals surface area contributed by atoms with Crippen molar-refractivity contribution in [1.29, 1.82) is 0 Å². The molecule has 4 rings (SSSR count). The van der Waals surface area contributed by atoms with Crippen molar-refractivity contribution >= 4 is 26.3 Å². The quantitative estimate of drug-likeness (QED) is 0.743. The van der Waals surface area contributed by atoms with Crippen LogP contribution in [0, 0.1) is 12.7 Å². The van der Waals surface area contributed by atoms with E-state index in [1.165, 1.54) is 17.5 Å². The number of hydrogen-bond donors (Lipinski definition) is 1. The number of hydrogen-bond acceptors (Lipinski definition) is 2. The lowest BCUT2D eigenvalue weighted by molar-refractivity contribution is 0.605. The number of aromatic nitrogens is 1. The first-order valence-electron chi connectivity index (χ1n) is 6.82. The van der Waals surface area contributed by atoms with E-state index in [4.69, 9.17) is 0 Å². The maximum atomic E-state index is 13.6. The normalized spacial score (nSPS) is 15.8. The largest absolute Gasteiger partial charge is 0.358 e. The molecule has 22 heavy (non-hydrogen) atoms. The first kappa shape index (κ1) is 13.3. The number of nitrogens with one attached hydrogen (secondary N) is 1. The Hall–Kier alpha value is -2.40. The number of rotatable bonds is 1. The number of benzene rings is 2. The Bertz CT molecular complexity index is 1060. The van der Waals surface area contributed by atoms with Crippen LogP contribution in [0.2, 0.25) is 0 Å². The van der Waals surface area contributed by atoms with Crippen LogP contribution in [0.3, 0.4) is 0 Å². The summed E-state index contributed by atoms with van der Waals surface area (Å²) in [4.78, 5) is 3.49. The van der Waals surface area contributed by atoms with Crippen molar-refractivity contribution in [1.82, 2.24) is 4.98 Å². The molecule has 0 atom stereocenters. The summed E-state index contributed by atoms with van der Waals surface area (Å²) in [6.45, 7) is 1.86. The van der Waals surface area contributed by atoms with Gasteiger partial charge in [0.1, 0.15) is 5.82 Å². The number of fused-ring (bicyclic) bond motifs is 2. The molecule has 0 unspecified atom stereocenters. The number of sulfone groups is 1. The molecule has 0 bridgehead atoms. The first-order valence-corrected chi connectivity index (χ1v) is 8.36. The van der Waals surface area contributed by atoms with E-state index in [2.05, 4.69) is 4.98 Å². The predicted octanol–water partition coefficient (Wildman–Crippen LogP) is 3.79. The minimum atomic E-state index is -3.45. The Labute approximate surface area is 127 Å². The topological polar surface area (TPSA) is 49.9 Å². The van der Waals surface area contributed by atoms with E-state index in [1.54, 1.807) is 30.3 Å². The summed E-state index contributed by atoms with van der Waals surface area (Å²) in [6, 6.07) is 11.4. The minimum absolute atomic E-state index is 0.301. The molecule has 1 N–H and O–H groups in total. The van der Waals surface area contributed by atoms with Crippen LogP contribution in [0.4, 0.5) is 4.39 Å². The fraction of sp³-hybridized carbons (Fsp3) is 0.0588. The Morgan fingerprint density at radius 3 is 2.68 bits per heavy atom. The van der Waals surface area contributed by atoms with Crippen LogP contribution in [0.1, 0.15) is 16.8 Å². The highest BCUT2D eigenvalue weighted by molar-refractivity contribution is 7.95. The molecule has 0 spiro atoms. The average molecular weight is 313 g/mol. The molecule has 1 aliphatic rings. The molecule has 3 aromatic rings. The zero-order chi connectivity index (χ0) is 15.5. The average Bonchev–Trinajstić information content (AvgIpc) is 2.93. The fourth-order valence-corrected chi connectivity index (χ4v) is 4.49. The van der Waals surface area contributed by atoms with E-state index in [9.17, 15) is 12.8 Å². The van der Waals surface area contributed by atoms with Gasteiger partial charge in [0.2, 0.25) is 9.84 Å². The van der Waals surface area contributed by atoms with Gasteiger partial charge in [0, 0.05) is 38.7 Å². The second-order valence-electron chi connectivity index (χ2n) is 5.39. The molecule has 1 aliphatic heterocycles. The highest BCUT2D eigenvalue weighted by Crippen LogP contribution is 2.41. The molecule has 0 amide bonds. The van der Waals surface area contributed by atoms with Crippen LogP contribution in [-0.2, 0) is 9.84 Å². The van der Waals surface area contributed by atoms with Crippen molar-refractivity contribution in [2.45, 2.75) is 11.8 Å². The van der Waals surface area contributed by atoms with E-state index < -0.39 is 9.84 Å². The van der Waals surface area contributed by atoms with Crippen LogP contribution >= 0.6 is 0 Å². The minimum Gasteiger partial charge on any atom is -0.358 e. The lowest BCUT2D eigenvalue weighted by Crippen LogP contribution is -1.92. The molecule has 1 aromatic heterocycles. The number of aryl methyl sites for hydroxylation is 1. The molecule has 0 saturated carbocycles. The van der Waals surface area contributed by atoms with Crippen molar-refractivity contribution in [2.24, 2.45) is 0 Å². The van der Waals surface area contributed by atoms with Gasteiger partial charge in [0.05, 0.1) is 4.90 Å². The van der Waals surface area contributed by atoms with E-state index in [-0.39, 0.29) is 5.82 Å². The van der Waals surface area contributed by atoms with Crippen molar-refractivity contribution in [3.63, 3.8) is 0 Å². The summed E-state index contributed by atoms with van der Waals surface area (Å²) < 4.78 is 38.2. The van der Waals surface area contributed by atoms with Crippen molar-refractivity contribution in [2.75, 3.05) is 0 Å². The van der Waals surface area contributed by atoms with Crippen molar-refractivity contribution in [3.05, 3.63) is 70.5 Å². The zero-order valence-corrected chi connectivity index (χ0v) is 12.5. The summed E-state index contributed by atoms with van der Waals surface area (Å²) in [5, 5.41) is 1.97. The molecule has 0 saturated heterocycles. The monoisotopic (exact) mass is 313 g/mol. The number of H-pyrrole nitrogens is 1. The van der Waals surface area contributed by atoms with Gasteiger partial charge >= 0.3 is 0 Å². The summed E-state index contributed by atoms with van der Waals surface area (Å²) >= 11 is 0. The molecule has 110 valence electrons. The SMILES string of the molecule is Cc1[nH]c2ccc(F)cc2c1C1=CS(=O)(=O)c2ccccc21. The molecular weight excluding hydrogens is 301 g/mol. The lowest BCUT2D eigenvalue weighted by Gasteiger charge is -2.05. The molecule has 2 heterocycles. The van der Waals surface area contributed by atoms with Crippen molar-refractivity contribution in [3.8, 4) is 0 Å². The first-order chi connectivity index (χ1) is 10.5. The Morgan fingerprint density at radius 2 is 1.86 bits per heavy atom. The van der Waals surface area contributed by atoms with Crippen LogP contribution in [0.25, 0.3) is 16.5 Å². The molecule has 0 radical (unpaired) electrons. The van der Waals surface area contributed by atoms with Gasteiger partial charge in [-0.25, -0.2) is 12.8 Å². The highest BCUT2D eigenvalue weighted by Gasteiger charge is 2.29. The van der Waals surface area contributed by atoms with Crippen LogP contribution in [0.15, 0.2) is 52.8 Å². The summed E-state index contributed by atoms with van der Waals surface area (Å²) in [5.74, 6) is -0.345. The van der Waals surface area contributed by atoms with Gasteiger partial charge in [-0.15, -0.1) is 0 Å². The molecule has 0 fully saturated rings. The Kier molecular flexibility index (Phi) is 2.60. The second-order valence-corrected chi connectivity index (χ2v) is 7.15. The third kappa shape index (κ3) is 1.75. The van der Waals surface area contributed by atoms with E-state index in [0.717, 1.165) is 16.8 Å². The molecule has 2 aromatic carbocycles. The molecule has 0 aliphatic carbocycles. The van der Waals surface area contributed by atoms with Crippen LogP contribution in [0.5, 0.6) is 0 Å². The van der Waals surface area contributed by atoms with Gasteiger partial charge in [-0.2, -0.15) is 0 Å². The van der Waals surface area contributed by atoms with Crippen LogP contribution < -0.4 is 0 Å². The summed E-state index contributed by atoms with van der Waals surface area (Å²) in [5.41, 5.74) is 3.62. The smallest absolute Gasteiger partial charge is 0.201 e. The van der Waals surface area contributed by atoms with Gasteiger partial charge in [-0.05, 0) is 31.2 Å².